The van der Waals surface area contributed by atoms with Crippen molar-refractivity contribution in [1.29, 1.82) is 5.26 Å². The fourth-order valence-corrected chi connectivity index (χ4v) is 1.21. The molecule has 0 aliphatic heterocycles. The van der Waals surface area contributed by atoms with Crippen LogP contribution in [0.2, 0.25) is 5.02 Å². The van der Waals surface area contributed by atoms with Gasteiger partial charge < -0.3 is 5.11 Å². The van der Waals surface area contributed by atoms with Gasteiger partial charge in [0.25, 0.3) is 6.43 Å². The number of pyridine rings is 1. The minimum Gasteiger partial charge on any atom is -0.390 e. The second-order valence-electron chi connectivity index (χ2n) is 2.42. The molecule has 0 radical (unpaired) electrons. The Bertz CT molecular complexity index is 390. The third kappa shape index (κ3) is 1.81. The zero-order valence-electron chi connectivity index (χ0n) is 6.84. The molecule has 0 aliphatic carbocycles. The molecule has 1 rings (SSSR count). The number of halogens is 3. The molecule has 14 heavy (non-hydrogen) atoms. The Hall–Kier alpha value is -1.25. The smallest absolute Gasteiger partial charge is 0.266 e. The molecule has 0 saturated heterocycles. The van der Waals surface area contributed by atoms with E-state index in [0.29, 0.717) is 0 Å². The Morgan fingerprint density at radius 2 is 2.29 bits per heavy atom. The lowest BCUT2D eigenvalue weighted by atomic mass is 10.1. The lowest BCUT2D eigenvalue weighted by Gasteiger charge is -2.06. The largest absolute Gasteiger partial charge is 0.390 e. The Kier molecular flexibility index (Phi) is 3.33. The highest BCUT2D eigenvalue weighted by atomic mass is 35.5. The molecule has 0 spiro atoms. The molecule has 0 unspecified atom stereocenters. The number of rotatable bonds is 2. The number of hydrogen-bond acceptors (Lipinski definition) is 3. The number of nitrogens with zero attached hydrogens (tertiary/aromatic N) is 2. The molecule has 74 valence electrons. The van der Waals surface area contributed by atoms with E-state index in [1.807, 2.05) is 0 Å². The quantitative estimate of drug-likeness (QED) is 0.826. The zero-order valence-corrected chi connectivity index (χ0v) is 7.59. The summed E-state index contributed by atoms with van der Waals surface area (Å²) in [6.45, 7) is -0.508. The fraction of sp³-hybridized carbons (Fsp3) is 0.250. The molecule has 1 heterocycles. The van der Waals surface area contributed by atoms with Crippen molar-refractivity contribution in [3.05, 3.63) is 28.0 Å². The number of aliphatic hydroxyl groups excluding tert-OH is 1. The SMILES string of the molecule is N#Cc1c(CO)ncc(C(F)F)c1Cl. The second kappa shape index (κ2) is 4.31. The molecule has 6 heteroatoms. The summed E-state index contributed by atoms with van der Waals surface area (Å²) in [5.41, 5.74) is -0.700. The van der Waals surface area contributed by atoms with Crippen LogP contribution in [0.15, 0.2) is 6.20 Å². The van der Waals surface area contributed by atoms with Gasteiger partial charge in [0.05, 0.1) is 28.5 Å². The molecule has 1 aromatic heterocycles. The maximum atomic E-state index is 12.3. The first-order valence-corrected chi connectivity index (χ1v) is 3.96. The van der Waals surface area contributed by atoms with Crippen LogP contribution >= 0.6 is 11.6 Å². The Morgan fingerprint density at radius 3 is 2.71 bits per heavy atom. The molecule has 1 N–H and O–H groups in total. The van der Waals surface area contributed by atoms with Gasteiger partial charge >= 0.3 is 0 Å². The van der Waals surface area contributed by atoms with Gasteiger partial charge in [-0.05, 0) is 0 Å². The first kappa shape index (κ1) is 10.8. The van der Waals surface area contributed by atoms with E-state index in [1.165, 1.54) is 0 Å². The fourth-order valence-electron chi connectivity index (χ4n) is 0.925. The number of aliphatic hydroxyl groups is 1. The molecule has 0 atom stereocenters. The Labute approximate surface area is 83.6 Å². The van der Waals surface area contributed by atoms with E-state index in [-0.39, 0.29) is 16.3 Å². The lowest BCUT2D eigenvalue weighted by Crippen LogP contribution is -1.99. The first-order valence-electron chi connectivity index (χ1n) is 3.58. The van der Waals surface area contributed by atoms with Crippen LogP contribution in [0.25, 0.3) is 0 Å². The Balaban J connectivity index is 3.37. The van der Waals surface area contributed by atoms with E-state index in [0.717, 1.165) is 6.20 Å². The summed E-state index contributed by atoms with van der Waals surface area (Å²) in [7, 11) is 0. The van der Waals surface area contributed by atoms with Gasteiger partial charge in [-0.15, -0.1) is 0 Å². The molecule has 3 nitrogen and oxygen atoms in total. The van der Waals surface area contributed by atoms with Crippen molar-refractivity contribution in [3.8, 4) is 6.07 Å². The van der Waals surface area contributed by atoms with Crippen molar-refractivity contribution < 1.29 is 13.9 Å². The summed E-state index contributed by atoms with van der Waals surface area (Å²) in [5, 5.41) is 17.0. The highest BCUT2D eigenvalue weighted by Gasteiger charge is 2.18. The van der Waals surface area contributed by atoms with Gasteiger partial charge in [-0.3, -0.25) is 4.98 Å². The van der Waals surface area contributed by atoms with Crippen LogP contribution in [0.5, 0.6) is 0 Å². The maximum Gasteiger partial charge on any atom is 0.266 e. The molecular formula is C8H5ClF2N2O. The summed E-state index contributed by atoms with van der Waals surface area (Å²) < 4.78 is 24.6. The van der Waals surface area contributed by atoms with Crippen molar-refractivity contribution >= 4 is 11.6 Å². The molecule has 0 aromatic carbocycles. The van der Waals surface area contributed by atoms with Crippen molar-refractivity contribution in [2.24, 2.45) is 0 Å². The first-order chi connectivity index (χ1) is 6.61. The van der Waals surface area contributed by atoms with Crippen molar-refractivity contribution in [3.63, 3.8) is 0 Å². The van der Waals surface area contributed by atoms with E-state index in [9.17, 15) is 8.78 Å². The Morgan fingerprint density at radius 1 is 1.64 bits per heavy atom. The summed E-state index contributed by atoms with van der Waals surface area (Å²) in [6, 6.07) is 1.62. The minimum atomic E-state index is -2.78. The summed E-state index contributed by atoms with van der Waals surface area (Å²) in [6.07, 6.45) is -1.92. The standard InChI is InChI=1S/C8H5ClF2N2O/c9-7-4(1-12)6(3-14)13-2-5(7)8(10)11/h2,8,14H,3H2. The summed E-state index contributed by atoms with van der Waals surface area (Å²) in [5.74, 6) is 0. The topological polar surface area (TPSA) is 56.9 Å². The number of hydrogen-bond donors (Lipinski definition) is 1. The molecule has 0 aliphatic rings. The normalized spacial score (nSPS) is 10.3. The van der Waals surface area contributed by atoms with Gasteiger partial charge in [0.2, 0.25) is 0 Å². The van der Waals surface area contributed by atoms with Gasteiger partial charge in [-0.25, -0.2) is 8.78 Å². The van der Waals surface area contributed by atoms with E-state index >= 15 is 0 Å². The predicted molar refractivity (Wildman–Crippen MR) is 44.8 cm³/mol. The lowest BCUT2D eigenvalue weighted by molar-refractivity contribution is 0.151. The van der Waals surface area contributed by atoms with Crippen LogP contribution in [0.1, 0.15) is 23.2 Å². The molecule has 0 fully saturated rings. The molecule has 0 amide bonds. The zero-order chi connectivity index (χ0) is 10.7. The predicted octanol–water partition coefficient (Wildman–Crippen LogP) is 2.04. The van der Waals surface area contributed by atoms with E-state index in [2.05, 4.69) is 4.98 Å². The summed E-state index contributed by atoms with van der Waals surface area (Å²) in [4.78, 5) is 3.51. The van der Waals surface area contributed by atoms with E-state index in [1.54, 1.807) is 6.07 Å². The third-order valence-electron chi connectivity index (χ3n) is 1.62. The molecular weight excluding hydrogens is 214 g/mol. The van der Waals surface area contributed by atoms with Gasteiger partial charge in [-0.1, -0.05) is 11.6 Å². The van der Waals surface area contributed by atoms with Crippen LogP contribution < -0.4 is 0 Å². The highest BCUT2D eigenvalue weighted by molar-refractivity contribution is 6.32. The van der Waals surface area contributed by atoms with E-state index in [4.69, 9.17) is 22.0 Å². The monoisotopic (exact) mass is 218 g/mol. The molecule has 0 saturated carbocycles. The van der Waals surface area contributed by atoms with Crippen molar-refractivity contribution in [1.82, 2.24) is 4.98 Å². The highest BCUT2D eigenvalue weighted by Crippen LogP contribution is 2.29. The molecule has 0 bridgehead atoms. The van der Waals surface area contributed by atoms with Crippen molar-refractivity contribution in [2.75, 3.05) is 0 Å². The molecule has 1 aromatic rings. The second-order valence-corrected chi connectivity index (χ2v) is 2.80. The van der Waals surface area contributed by atoms with Gasteiger partial charge in [-0.2, -0.15) is 5.26 Å². The van der Waals surface area contributed by atoms with Crippen LogP contribution in [0.3, 0.4) is 0 Å². The summed E-state index contributed by atoms with van der Waals surface area (Å²) >= 11 is 5.53. The van der Waals surface area contributed by atoms with Crippen LogP contribution in [-0.2, 0) is 6.61 Å². The number of aromatic nitrogens is 1. The van der Waals surface area contributed by atoms with Crippen LogP contribution in [-0.4, -0.2) is 10.1 Å². The van der Waals surface area contributed by atoms with Crippen LogP contribution in [0.4, 0.5) is 8.78 Å². The van der Waals surface area contributed by atoms with Gasteiger partial charge in [0, 0.05) is 6.20 Å². The van der Waals surface area contributed by atoms with E-state index < -0.39 is 18.6 Å². The third-order valence-corrected chi connectivity index (χ3v) is 2.02. The average Bonchev–Trinajstić information content (AvgIpc) is 2.16. The number of alkyl halides is 2. The minimum absolute atomic E-state index is 0.00176. The van der Waals surface area contributed by atoms with Gasteiger partial charge in [0.15, 0.2) is 0 Å². The maximum absolute atomic E-state index is 12.3. The van der Waals surface area contributed by atoms with Gasteiger partial charge in [0.1, 0.15) is 6.07 Å². The van der Waals surface area contributed by atoms with Crippen LogP contribution in [0, 0.1) is 11.3 Å². The average molecular weight is 219 g/mol. The van der Waals surface area contributed by atoms with Crippen molar-refractivity contribution in [2.45, 2.75) is 13.0 Å². The number of nitriles is 1.